The first-order chi connectivity index (χ1) is 12.2. The highest BCUT2D eigenvalue weighted by molar-refractivity contribution is 5.91. The van der Waals surface area contributed by atoms with Crippen LogP contribution in [-0.2, 0) is 13.1 Å². The predicted molar refractivity (Wildman–Crippen MR) is 97.7 cm³/mol. The van der Waals surface area contributed by atoms with Gasteiger partial charge in [-0.25, -0.2) is 9.18 Å². The molecule has 25 heavy (non-hydrogen) atoms. The van der Waals surface area contributed by atoms with E-state index in [2.05, 4.69) is 5.32 Å². The van der Waals surface area contributed by atoms with Crippen molar-refractivity contribution in [2.45, 2.75) is 13.1 Å². The summed E-state index contributed by atoms with van der Waals surface area (Å²) < 4.78 is 13.0. The van der Waals surface area contributed by atoms with E-state index in [0.29, 0.717) is 13.1 Å². The molecule has 0 saturated heterocycles. The number of nitrogens with one attached hydrogen (secondary N) is 1. The summed E-state index contributed by atoms with van der Waals surface area (Å²) >= 11 is 0. The number of benzene rings is 3. The van der Waals surface area contributed by atoms with Crippen molar-refractivity contribution in [1.82, 2.24) is 5.32 Å². The topological polar surface area (TPSA) is 32.3 Å². The van der Waals surface area contributed by atoms with Gasteiger partial charge in [-0.1, -0.05) is 60.7 Å². The first-order valence-corrected chi connectivity index (χ1v) is 8.11. The van der Waals surface area contributed by atoms with Gasteiger partial charge in [0.05, 0.1) is 6.54 Å². The highest BCUT2D eigenvalue weighted by Gasteiger charge is 2.15. The third-order valence-corrected chi connectivity index (χ3v) is 3.85. The summed E-state index contributed by atoms with van der Waals surface area (Å²) in [6, 6.07) is 25.3. The Morgan fingerprint density at radius 3 is 2.04 bits per heavy atom. The summed E-state index contributed by atoms with van der Waals surface area (Å²) in [5.41, 5.74) is 2.72. The van der Waals surface area contributed by atoms with E-state index in [1.54, 1.807) is 17.0 Å². The first kappa shape index (κ1) is 16.7. The molecule has 4 heteroatoms. The van der Waals surface area contributed by atoms with Crippen molar-refractivity contribution >= 4 is 11.7 Å². The maximum Gasteiger partial charge on any atom is 0.322 e. The lowest BCUT2D eigenvalue weighted by molar-refractivity contribution is 0.245. The van der Waals surface area contributed by atoms with E-state index in [0.717, 1.165) is 16.8 Å². The van der Waals surface area contributed by atoms with Crippen LogP contribution in [0.15, 0.2) is 84.9 Å². The molecule has 0 aromatic heterocycles. The minimum atomic E-state index is -0.287. The Balaban J connectivity index is 1.74. The van der Waals surface area contributed by atoms with Gasteiger partial charge < -0.3 is 5.32 Å². The highest BCUT2D eigenvalue weighted by Crippen LogP contribution is 2.17. The number of para-hydroxylation sites is 1. The molecule has 0 aliphatic carbocycles. The van der Waals surface area contributed by atoms with Crippen LogP contribution in [0, 0.1) is 5.82 Å². The van der Waals surface area contributed by atoms with Gasteiger partial charge in [-0.15, -0.1) is 0 Å². The Morgan fingerprint density at radius 1 is 0.800 bits per heavy atom. The molecule has 0 heterocycles. The Bertz CT molecular complexity index is 804. The molecule has 2 amide bonds. The van der Waals surface area contributed by atoms with Crippen molar-refractivity contribution < 1.29 is 9.18 Å². The summed E-state index contributed by atoms with van der Waals surface area (Å²) in [5, 5.41) is 2.90. The summed E-state index contributed by atoms with van der Waals surface area (Å²) in [4.78, 5) is 14.4. The van der Waals surface area contributed by atoms with Gasteiger partial charge in [0.2, 0.25) is 0 Å². The van der Waals surface area contributed by atoms with Crippen LogP contribution in [0.2, 0.25) is 0 Å². The Morgan fingerprint density at radius 2 is 1.40 bits per heavy atom. The van der Waals surface area contributed by atoms with Gasteiger partial charge >= 0.3 is 6.03 Å². The number of carbonyl (C=O) groups excluding carboxylic acids is 1. The molecule has 0 aliphatic rings. The minimum absolute atomic E-state index is 0.195. The molecule has 0 aliphatic heterocycles. The van der Waals surface area contributed by atoms with Gasteiger partial charge in [0, 0.05) is 12.2 Å². The van der Waals surface area contributed by atoms with Crippen LogP contribution < -0.4 is 10.2 Å². The number of carbonyl (C=O) groups is 1. The number of amides is 2. The van der Waals surface area contributed by atoms with Gasteiger partial charge in [0.15, 0.2) is 0 Å². The molecule has 3 rings (SSSR count). The number of rotatable bonds is 5. The van der Waals surface area contributed by atoms with Crippen molar-refractivity contribution in [3.05, 3.63) is 102 Å². The summed E-state index contributed by atoms with van der Waals surface area (Å²) in [6.07, 6.45) is 0. The number of halogens is 1. The van der Waals surface area contributed by atoms with Crippen molar-refractivity contribution in [3.63, 3.8) is 0 Å². The molecule has 3 aromatic carbocycles. The second-order valence-electron chi connectivity index (χ2n) is 5.69. The Kier molecular flexibility index (Phi) is 5.42. The van der Waals surface area contributed by atoms with Crippen LogP contribution in [0.1, 0.15) is 11.1 Å². The third-order valence-electron chi connectivity index (χ3n) is 3.85. The number of nitrogens with zero attached hydrogens (tertiary/aromatic N) is 1. The molecule has 0 atom stereocenters. The fraction of sp³-hybridized carbons (Fsp3) is 0.0952. The average Bonchev–Trinajstić information content (AvgIpc) is 2.67. The monoisotopic (exact) mass is 334 g/mol. The molecule has 0 spiro atoms. The first-order valence-electron chi connectivity index (χ1n) is 8.11. The number of anilines is 1. The second kappa shape index (κ2) is 8.11. The zero-order chi connectivity index (χ0) is 17.5. The van der Waals surface area contributed by atoms with Crippen molar-refractivity contribution in [3.8, 4) is 0 Å². The van der Waals surface area contributed by atoms with Crippen LogP contribution >= 0.6 is 0 Å². The van der Waals surface area contributed by atoms with E-state index in [1.807, 2.05) is 60.7 Å². The van der Waals surface area contributed by atoms with Crippen LogP contribution in [0.5, 0.6) is 0 Å². The molecular formula is C21H19FN2O. The van der Waals surface area contributed by atoms with Crippen LogP contribution in [0.3, 0.4) is 0 Å². The molecule has 0 saturated carbocycles. The Labute approximate surface area is 146 Å². The molecule has 1 N–H and O–H groups in total. The van der Waals surface area contributed by atoms with Gasteiger partial charge in [-0.2, -0.15) is 0 Å². The molecule has 0 fully saturated rings. The van der Waals surface area contributed by atoms with Crippen LogP contribution in [0.4, 0.5) is 14.9 Å². The van der Waals surface area contributed by atoms with E-state index in [1.165, 1.54) is 12.1 Å². The quantitative estimate of drug-likeness (QED) is 0.718. The molecule has 0 unspecified atom stereocenters. The minimum Gasteiger partial charge on any atom is -0.334 e. The Hall–Kier alpha value is -3.14. The van der Waals surface area contributed by atoms with Crippen LogP contribution in [-0.4, -0.2) is 6.03 Å². The lowest BCUT2D eigenvalue weighted by Gasteiger charge is -2.23. The SMILES string of the molecule is O=C(NCc1ccc(F)cc1)N(Cc1ccccc1)c1ccccc1. The average molecular weight is 334 g/mol. The van der Waals surface area contributed by atoms with Crippen molar-refractivity contribution in [2.24, 2.45) is 0 Å². The standard InChI is InChI=1S/C21H19FN2O/c22-19-13-11-17(12-14-19)15-23-21(25)24(20-9-5-2-6-10-20)16-18-7-3-1-4-8-18/h1-14H,15-16H2,(H,23,25). The van der Waals surface area contributed by atoms with Crippen LogP contribution in [0.25, 0.3) is 0 Å². The fourth-order valence-corrected chi connectivity index (χ4v) is 2.53. The van der Waals surface area contributed by atoms with E-state index < -0.39 is 0 Å². The van der Waals surface area contributed by atoms with Gasteiger partial charge in [0.25, 0.3) is 0 Å². The second-order valence-corrected chi connectivity index (χ2v) is 5.69. The van der Waals surface area contributed by atoms with E-state index >= 15 is 0 Å². The summed E-state index contributed by atoms with van der Waals surface area (Å²) in [7, 11) is 0. The molecule has 126 valence electrons. The third kappa shape index (κ3) is 4.67. The molecule has 3 aromatic rings. The summed E-state index contributed by atoms with van der Waals surface area (Å²) in [6.45, 7) is 0.817. The van der Waals surface area contributed by atoms with E-state index in [9.17, 15) is 9.18 Å². The molecule has 3 nitrogen and oxygen atoms in total. The number of hydrogen-bond donors (Lipinski definition) is 1. The normalized spacial score (nSPS) is 10.3. The van der Waals surface area contributed by atoms with Gasteiger partial charge in [0.1, 0.15) is 5.82 Å². The number of hydrogen-bond acceptors (Lipinski definition) is 1. The van der Waals surface area contributed by atoms with Gasteiger partial charge in [-0.05, 0) is 35.4 Å². The van der Waals surface area contributed by atoms with Crippen molar-refractivity contribution in [2.75, 3.05) is 4.90 Å². The fourth-order valence-electron chi connectivity index (χ4n) is 2.53. The molecule has 0 radical (unpaired) electrons. The van der Waals surface area contributed by atoms with Gasteiger partial charge in [-0.3, -0.25) is 4.90 Å². The lowest BCUT2D eigenvalue weighted by Crippen LogP contribution is -2.39. The maximum atomic E-state index is 13.0. The largest absolute Gasteiger partial charge is 0.334 e. The highest BCUT2D eigenvalue weighted by atomic mass is 19.1. The smallest absolute Gasteiger partial charge is 0.322 e. The lowest BCUT2D eigenvalue weighted by atomic mass is 10.2. The predicted octanol–water partition coefficient (Wildman–Crippen LogP) is 4.74. The molecular weight excluding hydrogens is 315 g/mol. The maximum absolute atomic E-state index is 13.0. The zero-order valence-electron chi connectivity index (χ0n) is 13.7. The van der Waals surface area contributed by atoms with E-state index in [-0.39, 0.29) is 11.8 Å². The number of urea groups is 1. The van der Waals surface area contributed by atoms with Crippen molar-refractivity contribution in [1.29, 1.82) is 0 Å². The van der Waals surface area contributed by atoms with E-state index in [4.69, 9.17) is 0 Å². The summed E-state index contributed by atoms with van der Waals surface area (Å²) in [5.74, 6) is -0.287. The zero-order valence-corrected chi connectivity index (χ0v) is 13.7. The molecule has 0 bridgehead atoms.